The SMILES string of the molecule is Nc1cc(N)c(OCl)cc1O. The van der Waals surface area contributed by atoms with Crippen LogP contribution in [-0.4, -0.2) is 5.11 Å². The van der Waals surface area contributed by atoms with Gasteiger partial charge in [0.1, 0.15) is 17.6 Å². The van der Waals surface area contributed by atoms with Crippen LogP contribution in [0.15, 0.2) is 12.1 Å². The molecule has 0 amide bonds. The van der Waals surface area contributed by atoms with Crippen molar-refractivity contribution < 1.29 is 9.40 Å². The van der Waals surface area contributed by atoms with E-state index in [9.17, 15) is 0 Å². The molecule has 0 fully saturated rings. The van der Waals surface area contributed by atoms with E-state index in [0.29, 0.717) is 0 Å². The van der Waals surface area contributed by atoms with Gasteiger partial charge in [0.05, 0.1) is 11.4 Å². The maximum Gasteiger partial charge on any atom is 0.173 e. The molecule has 0 radical (unpaired) electrons. The van der Waals surface area contributed by atoms with Gasteiger partial charge in [0, 0.05) is 6.07 Å². The molecule has 0 heterocycles. The molecule has 0 aromatic heterocycles. The zero-order chi connectivity index (χ0) is 8.43. The van der Waals surface area contributed by atoms with Crippen molar-refractivity contribution in [1.82, 2.24) is 0 Å². The van der Waals surface area contributed by atoms with Gasteiger partial charge in [0.25, 0.3) is 0 Å². The van der Waals surface area contributed by atoms with E-state index in [2.05, 4.69) is 4.29 Å². The molecule has 0 aliphatic rings. The minimum atomic E-state index is -0.102. The summed E-state index contributed by atoms with van der Waals surface area (Å²) < 4.78 is 4.31. The number of phenols is 1. The largest absolute Gasteiger partial charge is 0.506 e. The Balaban J connectivity index is 3.21. The third kappa shape index (κ3) is 1.40. The molecule has 5 N–H and O–H groups in total. The Morgan fingerprint density at radius 3 is 2.45 bits per heavy atom. The smallest absolute Gasteiger partial charge is 0.173 e. The van der Waals surface area contributed by atoms with E-state index in [0.717, 1.165) is 0 Å². The summed E-state index contributed by atoms with van der Waals surface area (Å²) in [4.78, 5) is 0. The molecule has 0 saturated carbocycles. The number of aromatic hydroxyl groups is 1. The molecule has 11 heavy (non-hydrogen) atoms. The van der Waals surface area contributed by atoms with Crippen molar-refractivity contribution in [1.29, 1.82) is 0 Å². The lowest BCUT2D eigenvalue weighted by Crippen LogP contribution is -1.92. The standard InChI is InChI=1S/C6H7ClN2O2/c7-11-6-2-5(10)3(8)1-4(6)9/h1-2,10H,8-9H2. The van der Waals surface area contributed by atoms with Gasteiger partial charge in [-0.25, -0.2) is 0 Å². The molecule has 0 bridgehead atoms. The number of halogens is 1. The predicted octanol–water partition coefficient (Wildman–Crippen LogP) is 1.09. The molecular weight excluding hydrogens is 168 g/mol. The minimum absolute atomic E-state index is 0.102. The first-order chi connectivity index (χ1) is 5.15. The number of phenolic OH excluding ortho intramolecular Hbond substituents is 1. The highest BCUT2D eigenvalue weighted by Crippen LogP contribution is 2.32. The highest BCUT2D eigenvalue weighted by atomic mass is 35.5. The molecule has 0 aliphatic carbocycles. The fraction of sp³-hybridized carbons (Fsp3) is 0. The first-order valence-corrected chi connectivity index (χ1v) is 3.12. The average molecular weight is 175 g/mol. The summed E-state index contributed by atoms with van der Waals surface area (Å²) in [5.74, 6) is 0.0909. The van der Waals surface area contributed by atoms with E-state index in [1.807, 2.05) is 0 Å². The third-order valence-electron chi connectivity index (χ3n) is 1.24. The first-order valence-electron chi connectivity index (χ1n) is 2.81. The normalized spacial score (nSPS) is 9.55. The maximum absolute atomic E-state index is 9.04. The molecule has 0 aliphatic heterocycles. The summed E-state index contributed by atoms with van der Waals surface area (Å²) in [6.45, 7) is 0. The zero-order valence-electron chi connectivity index (χ0n) is 5.54. The number of anilines is 2. The van der Waals surface area contributed by atoms with Crippen molar-refractivity contribution in [3.63, 3.8) is 0 Å². The molecule has 5 heteroatoms. The van der Waals surface area contributed by atoms with E-state index in [4.69, 9.17) is 28.4 Å². The lowest BCUT2D eigenvalue weighted by Gasteiger charge is -2.03. The molecule has 0 saturated heterocycles. The van der Waals surface area contributed by atoms with E-state index in [1.54, 1.807) is 0 Å². The van der Waals surface area contributed by atoms with E-state index < -0.39 is 0 Å². The second-order valence-corrected chi connectivity index (χ2v) is 2.18. The third-order valence-corrected chi connectivity index (χ3v) is 1.41. The van der Waals surface area contributed by atoms with Crippen molar-refractivity contribution in [2.24, 2.45) is 0 Å². The van der Waals surface area contributed by atoms with Gasteiger partial charge in [-0.1, -0.05) is 0 Å². The van der Waals surface area contributed by atoms with Crippen LogP contribution in [0.25, 0.3) is 0 Å². The summed E-state index contributed by atoms with van der Waals surface area (Å²) in [6, 6.07) is 2.62. The van der Waals surface area contributed by atoms with Gasteiger partial charge >= 0.3 is 0 Å². The highest BCUT2D eigenvalue weighted by Gasteiger charge is 2.04. The van der Waals surface area contributed by atoms with Gasteiger partial charge in [-0.05, 0) is 6.07 Å². The van der Waals surface area contributed by atoms with Gasteiger partial charge in [0.15, 0.2) is 5.75 Å². The highest BCUT2D eigenvalue weighted by molar-refractivity contribution is 6.09. The topological polar surface area (TPSA) is 81.5 Å². The average Bonchev–Trinajstić information content (AvgIpc) is 1.97. The summed E-state index contributed by atoms with van der Waals surface area (Å²) in [7, 11) is 0. The summed E-state index contributed by atoms with van der Waals surface area (Å²) in [5.41, 5.74) is 11.2. The second kappa shape index (κ2) is 2.75. The first kappa shape index (κ1) is 7.81. The number of nitrogens with two attached hydrogens (primary N) is 2. The molecule has 1 aromatic rings. The monoisotopic (exact) mass is 174 g/mol. The summed E-state index contributed by atoms with van der Waals surface area (Å²) >= 11 is 5.02. The van der Waals surface area contributed by atoms with Crippen molar-refractivity contribution in [3.05, 3.63) is 12.1 Å². The van der Waals surface area contributed by atoms with Crippen LogP contribution >= 0.6 is 11.9 Å². The Bertz CT molecular complexity index is 278. The van der Waals surface area contributed by atoms with Gasteiger partial charge in [-0.3, -0.25) is 0 Å². The Labute approximate surface area is 68.5 Å². The molecule has 1 rings (SSSR count). The molecule has 60 valence electrons. The van der Waals surface area contributed by atoms with Crippen molar-refractivity contribution in [2.75, 3.05) is 11.5 Å². The number of nitrogen functional groups attached to an aromatic ring is 2. The van der Waals surface area contributed by atoms with Gasteiger partial charge in [-0.2, -0.15) is 0 Å². The zero-order valence-corrected chi connectivity index (χ0v) is 6.30. The summed E-state index contributed by atoms with van der Waals surface area (Å²) in [6.07, 6.45) is 0. The molecule has 1 aromatic carbocycles. The molecule has 0 spiro atoms. The van der Waals surface area contributed by atoms with Crippen molar-refractivity contribution in [3.8, 4) is 11.5 Å². The lowest BCUT2D eigenvalue weighted by molar-refractivity contribution is 0.474. The van der Waals surface area contributed by atoms with Crippen LogP contribution in [0.3, 0.4) is 0 Å². The van der Waals surface area contributed by atoms with Crippen LogP contribution in [-0.2, 0) is 0 Å². The quantitative estimate of drug-likeness (QED) is 0.338. The predicted molar refractivity (Wildman–Crippen MR) is 43.4 cm³/mol. The van der Waals surface area contributed by atoms with Crippen LogP contribution in [0, 0.1) is 0 Å². The van der Waals surface area contributed by atoms with Gasteiger partial charge in [0.2, 0.25) is 0 Å². The molecule has 0 unspecified atom stereocenters. The van der Waals surface area contributed by atoms with E-state index in [-0.39, 0.29) is 22.9 Å². The fourth-order valence-corrected chi connectivity index (χ4v) is 0.804. The van der Waals surface area contributed by atoms with Crippen LogP contribution in [0.1, 0.15) is 0 Å². The van der Waals surface area contributed by atoms with Crippen LogP contribution in [0.2, 0.25) is 0 Å². The minimum Gasteiger partial charge on any atom is -0.506 e. The van der Waals surface area contributed by atoms with E-state index >= 15 is 0 Å². The van der Waals surface area contributed by atoms with Crippen molar-refractivity contribution in [2.45, 2.75) is 0 Å². The van der Waals surface area contributed by atoms with Crippen molar-refractivity contribution >= 4 is 23.2 Å². The Morgan fingerprint density at radius 2 is 1.91 bits per heavy atom. The van der Waals surface area contributed by atoms with Crippen LogP contribution < -0.4 is 15.8 Å². The van der Waals surface area contributed by atoms with E-state index in [1.165, 1.54) is 12.1 Å². The number of benzene rings is 1. The Morgan fingerprint density at radius 1 is 1.27 bits per heavy atom. The number of rotatable bonds is 1. The Hall–Kier alpha value is -1.29. The maximum atomic E-state index is 9.04. The molecular formula is C6H7ClN2O2. The second-order valence-electron chi connectivity index (χ2n) is 2.03. The Kier molecular flexibility index (Phi) is 1.96. The summed E-state index contributed by atoms with van der Waals surface area (Å²) in [5, 5.41) is 9.04. The van der Waals surface area contributed by atoms with Gasteiger partial charge in [-0.15, -0.1) is 0 Å². The number of hydrogen-bond acceptors (Lipinski definition) is 4. The van der Waals surface area contributed by atoms with Gasteiger partial charge < -0.3 is 20.9 Å². The fourth-order valence-electron chi connectivity index (χ4n) is 0.670. The molecule has 4 nitrogen and oxygen atoms in total. The lowest BCUT2D eigenvalue weighted by atomic mass is 10.2. The number of hydrogen-bond donors (Lipinski definition) is 3. The molecule has 0 atom stereocenters. The van der Waals surface area contributed by atoms with Crippen LogP contribution in [0.4, 0.5) is 11.4 Å². The van der Waals surface area contributed by atoms with Crippen LogP contribution in [0.5, 0.6) is 11.5 Å².